The van der Waals surface area contributed by atoms with E-state index in [1.807, 2.05) is 0 Å². The minimum absolute atomic E-state index is 0.109. The van der Waals surface area contributed by atoms with E-state index in [9.17, 15) is 9.18 Å². The third-order valence-electron chi connectivity index (χ3n) is 2.04. The average Bonchev–Trinajstić information content (AvgIpc) is 2.18. The number of Topliss-reactive ketones (excluding diaryl/α,β-unsaturated/α-hetero) is 1. The van der Waals surface area contributed by atoms with Crippen LogP contribution in [0.2, 0.25) is 0 Å². The van der Waals surface area contributed by atoms with Crippen LogP contribution in [0.25, 0.3) is 0 Å². The zero-order valence-electron chi connectivity index (χ0n) is 8.42. The van der Waals surface area contributed by atoms with Gasteiger partial charge in [0.15, 0.2) is 5.75 Å². The van der Waals surface area contributed by atoms with E-state index in [2.05, 4.69) is 13.2 Å². The molecule has 0 radical (unpaired) electrons. The number of halogens is 1. The lowest BCUT2D eigenvalue weighted by Crippen LogP contribution is -2.16. The topological polar surface area (TPSA) is 17.1 Å². The summed E-state index contributed by atoms with van der Waals surface area (Å²) in [6, 6.07) is 5.75. The molecule has 1 unspecified atom stereocenters. The van der Waals surface area contributed by atoms with E-state index >= 15 is 0 Å². The van der Waals surface area contributed by atoms with Crippen LogP contribution in [0.3, 0.4) is 0 Å². The molecule has 0 aliphatic rings. The van der Waals surface area contributed by atoms with Gasteiger partial charge < -0.3 is 0 Å². The van der Waals surface area contributed by atoms with Gasteiger partial charge in [-0.05, 0) is 42.1 Å². The van der Waals surface area contributed by atoms with Crippen LogP contribution in [0.15, 0.2) is 24.3 Å². The van der Waals surface area contributed by atoms with Crippen molar-refractivity contribution in [3.8, 4) is 0 Å². The van der Waals surface area contributed by atoms with Gasteiger partial charge in [-0.3, -0.25) is 4.79 Å². The number of carbonyl (C=O) groups excluding carboxylic acids is 1. The van der Waals surface area contributed by atoms with E-state index in [1.54, 1.807) is 12.1 Å². The van der Waals surface area contributed by atoms with E-state index in [0.29, 0.717) is 11.3 Å². The first kappa shape index (κ1) is 11.2. The van der Waals surface area contributed by atoms with Gasteiger partial charge in [-0.1, -0.05) is 0 Å². The average molecular weight is 213 g/mol. The summed E-state index contributed by atoms with van der Waals surface area (Å²) in [7, 11) is 0.144. The summed E-state index contributed by atoms with van der Waals surface area (Å²) in [5.74, 6) is 1.40. The van der Waals surface area contributed by atoms with Crippen LogP contribution in [0.4, 0.5) is 4.39 Å². The van der Waals surface area contributed by atoms with Crippen molar-refractivity contribution in [1.29, 1.82) is 0 Å². The van der Waals surface area contributed by atoms with Gasteiger partial charge in [-0.2, -0.15) is 0 Å². The Morgan fingerprint density at radius 3 is 2.43 bits per heavy atom. The maximum absolute atomic E-state index is 12.6. The van der Waals surface area contributed by atoms with Crippen molar-refractivity contribution < 1.29 is 9.18 Å². The molecule has 0 aliphatic heterocycles. The van der Waals surface area contributed by atoms with Gasteiger partial charge in [0.1, 0.15) is 11.6 Å². The van der Waals surface area contributed by atoms with Crippen molar-refractivity contribution in [3.05, 3.63) is 35.6 Å². The Balaban J connectivity index is 2.65. The van der Waals surface area contributed by atoms with Crippen molar-refractivity contribution in [2.45, 2.75) is 6.92 Å². The molecule has 14 heavy (non-hydrogen) atoms. The van der Waals surface area contributed by atoms with Crippen molar-refractivity contribution in [2.75, 3.05) is 17.8 Å². The molecule has 0 fully saturated rings. The minimum Gasteiger partial charge on any atom is -0.289 e. The minimum atomic E-state index is -0.299. The molecule has 1 nitrogen and oxygen atoms in total. The van der Waals surface area contributed by atoms with Gasteiger partial charge in [0.05, 0.1) is 6.26 Å². The van der Waals surface area contributed by atoms with Crippen LogP contribution in [0.5, 0.6) is 0 Å². The molecule has 0 N–H and O–H groups in total. The Morgan fingerprint density at radius 1 is 1.36 bits per heavy atom. The Kier molecular flexibility index (Phi) is 4.14. The largest absolute Gasteiger partial charge is 0.289 e. The molecule has 0 bridgehead atoms. The van der Waals surface area contributed by atoms with Crippen molar-refractivity contribution in [2.24, 2.45) is 0 Å². The van der Waals surface area contributed by atoms with Crippen molar-refractivity contribution in [3.63, 3.8) is 0 Å². The van der Waals surface area contributed by atoms with Gasteiger partial charge in [0.2, 0.25) is 5.78 Å². The van der Waals surface area contributed by atoms with E-state index in [0.717, 1.165) is 5.75 Å². The first-order valence-corrected chi connectivity index (χ1v) is 6.48. The Bertz CT molecular complexity index is 308. The Morgan fingerprint density at radius 2 is 1.93 bits per heavy atom. The highest BCUT2D eigenvalue weighted by atomic mass is 32.2. The molecule has 76 valence electrons. The van der Waals surface area contributed by atoms with Crippen molar-refractivity contribution >= 4 is 16.7 Å². The van der Waals surface area contributed by atoms with E-state index in [4.69, 9.17) is 0 Å². The van der Waals surface area contributed by atoms with Gasteiger partial charge in [0, 0.05) is 5.56 Å². The summed E-state index contributed by atoms with van der Waals surface area (Å²) in [5.41, 5.74) is 0.610. The van der Waals surface area contributed by atoms with E-state index in [1.165, 1.54) is 12.1 Å². The first-order valence-electron chi connectivity index (χ1n) is 4.51. The number of hydrogen-bond acceptors (Lipinski definition) is 1. The summed E-state index contributed by atoms with van der Waals surface area (Å²) in [5, 5.41) is 0. The second-order valence-corrected chi connectivity index (χ2v) is 5.57. The molecule has 0 aromatic heterocycles. The number of hydrogen-bond donors (Lipinski definition) is 0. The molecular weight excluding hydrogens is 199 g/mol. The second-order valence-electron chi connectivity index (χ2n) is 3.14. The highest BCUT2D eigenvalue weighted by molar-refractivity contribution is 7.96. The van der Waals surface area contributed by atoms with Crippen LogP contribution < -0.4 is 0 Å². The number of rotatable bonds is 4. The molecular formula is C11H14FOS+. The number of benzene rings is 1. The standard InChI is InChI=1S/C11H14FOS/c1-3-14(2)8-11(13)9-4-6-10(12)7-5-9/h4-7H,3,8H2,1-2H3/q+1. The maximum Gasteiger partial charge on any atom is 0.211 e. The van der Waals surface area contributed by atoms with E-state index in [-0.39, 0.29) is 22.5 Å². The lowest BCUT2D eigenvalue weighted by molar-refractivity contribution is 0.102. The molecule has 1 aromatic carbocycles. The SMILES string of the molecule is CC[S+](C)CC(=O)c1ccc(F)cc1. The maximum atomic E-state index is 12.6. The molecule has 0 spiro atoms. The predicted molar refractivity (Wildman–Crippen MR) is 59.4 cm³/mol. The normalized spacial score (nSPS) is 12.5. The predicted octanol–water partition coefficient (Wildman–Crippen LogP) is 2.28. The van der Waals surface area contributed by atoms with Gasteiger partial charge >= 0.3 is 0 Å². The summed E-state index contributed by atoms with van der Waals surface area (Å²) < 4.78 is 12.6. The molecule has 0 heterocycles. The quantitative estimate of drug-likeness (QED) is 0.554. The van der Waals surface area contributed by atoms with Crippen LogP contribution in [-0.4, -0.2) is 23.5 Å². The molecule has 3 heteroatoms. The monoisotopic (exact) mass is 213 g/mol. The van der Waals surface area contributed by atoms with Crippen LogP contribution in [0, 0.1) is 5.82 Å². The number of ketones is 1. The summed E-state index contributed by atoms with van der Waals surface area (Å²) >= 11 is 0. The van der Waals surface area contributed by atoms with Crippen LogP contribution in [-0.2, 0) is 10.9 Å². The second kappa shape index (κ2) is 5.15. The summed E-state index contributed by atoms with van der Waals surface area (Å²) in [4.78, 5) is 11.6. The molecule has 1 rings (SSSR count). The van der Waals surface area contributed by atoms with E-state index < -0.39 is 0 Å². The van der Waals surface area contributed by atoms with Gasteiger partial charge in [-0.15, -0.1) is 0 Å². The van der Waals surface area contributed by atoms with Gasteiger partial charge in [0.25, 0.3) is 0 Å². The smallest absolute Gasteiger partial charge is 0.211 e. The van der Waals surface area contributed by atoms with Gasteiger partial charge in [-0.25, -0.2) is 4.39 Å². The highest BCUT2D eigenvalue weighted by Gasteiger charge is 2.16. The Hall–Kier alpha value is -0.830. The zero-order chi connectivity index (χ0) is 10.6. The fraction of sp³-hybridized carbons (Fsp3) is 0.364. The highest BCUT2D eigenvalue weighted by Crippen LogP contribution is 2.05. The lowest BCUT2D eigenvalue weighted by Gasteiger charge is -2.00. The summed E-state index contributed by atoms with van der Waals surface area (Å²) in [6.07, 6.45) is 2.07. The third kappa shape index (κ3) is 3.14. The Labute approximate surface area is 86.7 Å². The third-order valence-corrected chi connectivity index (χ3v) is 3.78. The lowest BCUT2D eigenvalue weighted by atomic mass is 10.1. The van der Waals surface area contributed by atoms with Crippen LogP contribution in [0.1, 0.15) is 17.3 Å². The molecule has 0 saturated heterocycles. The molecule has 1 aromatic rings. The number of carbonyl (C=O) groups is 1. The van der Waals surface area contributed by atoms with Crippen molar-refractivity contribution in [1.82, 2.24) is 0 Å². The fourth-order valence-electron chi connectivity index (χ4n) is 1.04. The summed E-state index contributed by atoms with van der Waals surface area (Å²) in [6.45, 7) is 2.07. The zero-order valence-corrected chi connectivity index (χ0v) is 9.23. The molecule has 0 aliphatic carbocycles. The molecule has 0 amide bonds. The van der Waals surface area contributed by atoms with Crippen LogP contribution >= 0.6 is 0 Å². The molecule has 0 saturated carbocycles. The molecule has 1 atom stereocenters. The fourth-order valence-corrected chi connectivity index (χ4v) is 1.86. The first-order chi connectivity index (χ1) is 6.63.